The Morgan fingerprint density at radius 2 is 2.47 bits per heavy atom. The van der Waals surface area contributed by atoms with Gasteiger partial charge in [0.15, 0.2) is 11.5 Å². The molecular formula is C11H17ClN2O3. The molecule has 0 fully saturated rings. The van der Waals surface area contributed by atoms with Gasteiger partial charge in [-0.25, -0.2) is 0 Å². The molecule has 0 aliphatic carbocycles. The summed E-state index contributed by atoms with van der Waals surface area (Å²) in [6.07, 6.45) is 1.58. The van der Waals surface area contributed by atoms with Crippen molar-refractivity contribution in [3.63, 3.8) is 0 Å². The van der Waals surface area contributed by atoms with Crippen molar-refractivity contribution in [2.75, 3.05) is 13.0 Å². The van der Waals surface area contributed by atoms with Crippen LogP contribution in [0.3, 0.4) is 0 Å². The predicted molar refractivity (Wildman–Crippen MR) is 64.1 cm³/mol. The van der Waals surface area contributed by atoms with E-state index in [1.807, 2.05) is 6.92 Å². The lowest BCUT2D eigenvalue weighted by molar-refractivity contribution is 0.0925. The minimum absolute atomic E-state index is 0.0718. The lowest BCUT2D eigenvalue weighted by Crippen LogP contribution is -2.34. The van der Waals surface area contributed by atoms with E-state index in [1.165, 1.54) is 0 Å². The van der Waals surface area contributed by atoms with E-state index in [2.05, 4.69) is 10.5 Å². The van der Waals surface area contributed by atoms with Gasteiger partial charge < -0.3 is 14.6 Å². The van der Waals surface area contributed by atoms with Crippen LogP contribution in [0.4, 0.5) is 0 Å². The predicted octanol–water partition coefficient (Wildman–Crippen LogP) is 1.96. The van der Waals surface area contributed by atoms with Gasteiger partial charge in [0, 0.05) is 25.1 Å². The maximum atomic E-state index is 11.8. The van der Waals surface area contributed by atoms with Crippen LogP contribution in [0.5, 0.6) is 0 Å². The molecule has 1 N–H and O–H groups in total. The summed E-state index contributed by atoms with van der Waals surface area (Å²) in [5.74, 6) is 0.808. The van der Waals surface area contributed by atoms with E-state index in [1.54, 1.807) is 13.2 Å². The van der Waals surface area contributed by atoms with Crippen molar-refractivity contribution in [3.05, 3.63) is 17.5 Å². The van der Waals surface area contributed by atoms with Crippen LogP contribution >= 0.6 is 11.6 Å². The Hall–Kier alpha value is -1.07. The highest BCUT2D eigenvalue weighted by Crippen LogP contribution is 2.06. The third-order valence-corrected chi connectivity index (χ3v) is 2.58. The van der Waals surface area contributed by atoms with Gasteiger partial charge in [0.1, 0.15) is 6.61 Å². The lowest BCUT2D eigenvalue weighted by atomic mass is 10.1. The highest BCUT2D eigenvalue weighted by Gasteiger charge is 2.15. The molecule has 0 spiro atoms. The minimum atomic E-state index is -0.243. The van der Waals surface area contributed by atoms with Gasteiger partial charge in [-0.15, -0.1) is 11.6 Å². The maximum Gasteiger partial charge on any atom is 0.273 e. The topological polar surface area (TPSA) is 64.4 Å². The van der Waals surface area contributed by atoms with Gasteiger partial charge in [0.25, 0.3) is 5.91 Å². The molecule has 1 aromatic heterocycles. The number of hydrogen-bond acceptors (Lipinski definition) is 4. The summed E-state index contributed by atoms with van der Waals surface area (Å²) in [6.45, 7) is 2.30. The fourth-order valence-corrected chi connectivity index (χ4v) is 1.66. The molecule has 0 saturated heterocycles. The van der Waals surface area contributed by atoms with Crippen LogP contribution < -0.4 is 5.32 Å². The van der Waals surface area contributed by atoms with Crippen molar-refractivity contribution in [1.82, 2.24) is 10.5 Å². The average Bonchev–Trinajstić information content (AvgIpc) is 2.77. The van der Waals surface area contributed by atoms with E-state index >= 15 is 0 Å². The molecular weight excluding hydrogens is 244 g/mol. The molecule has 0 radical (unpaired) electrons. The smallest absolute Gasteiger partial charge is 0.273 e. The number of nitrogens with zero attached hydrogens (tertiary/aromatic N) is 1. The van der Waals surface area contributed by atoms with Crippen molar-refractivity contribution in [2.45, 2.75) is 32.4 Å². The molecule has 1 unspecified atom stereocenters. The number of carbonyl (C=O) groups is 1. The SMILES string of the molecule is CCC(CCCl)NC(=O)c1cc(COC)on1. The van der Waals surface area contributed by atoms with Crippen LogP contribution in [-0.4, -0.2) is 30.1 Å². The molecule has 0 aliphatic rings. The normalized spacial score (nSPS) is 12.4. The van der Waals surface area contributed by atoms with Crippen molar-refractivity contribution < 1.29 is 14.1 Å². The second kappa shape index (κ2) is 7.29. The Kier molecular flexibility index (Phi) is 6.00. The number of alkyl halides is 1. The quantitative estimate of drug-likeness (QED) is 0.761. The fraction of sp³-hybridized carbons (Fsp3) is 0.636. The van der Waals surface area contributed by atoms with Gasteiger partial charge in [0.05, 0.1) is 0 Å². The molecule has 1 rings (SSSR count). The number of amides is 1. The molecule has 5 nitrogen and oxygen atoms in total. The van der Waals surface area contributed by atoms with Gasteiger partial charge in [-0.1, -0.05) is 12.1 Å². The summed E-state index contributed by atoms with van der Waals surface area (Å²) in [5, 5.41) is 6.53. The molecule has 1 heterocycles. The first kappa shape index (κ1) is 14.0. The van der Waals surface area contributed by atoms with Crippen molar-refractivity contribution in [2.24, 2.45) is 0 Å². The molecule has 17 heavy (non-hydrogen) atoms. The van der Waals surface area contributed by atoms with E-state index in [4.69, 9.17) is 20.9 Å². The molecule has 0 aliphatic heterocycles. The van der Waals surface area contributed by atoms with Gasteiger partial charge in [-0.2, -0.15) is 0 Å². The number of rotatable bonds is 7. The van der Waals surface area contributed by atoms with Gasteiger partial charge in [0.2, 0.25) is 0 Å². The second-order valence-corrected chi connectivity index (χ2v) is 4.05. The first-order valence-electron chi connectivity index (χ1n) is 5.52. The Labute approximate surface area is 105 Å². The molecule has 96 valence electrons. The number of methoxy groups -OCH3 is 1. The standard InChI is InChI=1S/C11H17ClN2O3/c1-3-8(4-5-12)13-11(15)10-6-9(7-16-2)17-14-10/h6,8H,3-5,7H2,1-2H3,(H,13,15). The number of aromatic nitrogens is 1. The summed E-state index contributed by atoms with van der Waals surface area (Å²) < 4.78 is 9.82. The van der Waals surface area contributed by atoms with Crippen LogP contribution in [0.15, 0.2) is 10.6 Å². The highest BCUT2D eigenvalue weighted by molar-refractivity contribution is 6.17. The summed E-state index contributed by atoms with van der Waals surface area (Å²) in [7, 11) is 1.55. The summed E-state index contributed by atoms with van der Waals surface area (Å²) in [5.41, 5.74) is 0.269. The van der Waals surface area contributed by atoms with E-state index in [9.17, 15) is 4.79 Å². The molecule has 6 heteroatoms. The fourth-order valence-electron chi connectivity index (χ4n) is 1.40. The Bertz CT molecular complexity index is 354. The third-order valence-electron chi connectivity index (χ3n) is 2.36. The molecule has 1 aromatic rings. The second-order valence-electron chi connectivity index (χ2n) is 3.67. The van der Waals surface area contributed by atoms with E-state index < -0.39 is 0 Å². The number of nitrogens with one attached hydrogen (secondary N) is 1. The number of ether oxygens (including phenoxy) is 1. The first-order valence-corrected chi connectivity index (χ1v) is 6.06. The third kappa shape index (κ3) is 4.36. The minimum Gasteiger partial charge on any atom is -0.377 e. The number of carbonyl (C=O) groups excluding carboxylic acids is 1. The average molecular weight is 261 g/mol. The van der Waals surface area contributed by atoms with Crippen molar-refractivity contribution in [1.29, 1.82) is 0 Å². The van der Waals surface area contributed by atoms with E-state index in [-0.39, 0.29) is 17.6 Å². The largest absolute Gasteiger partial charge is 0.377 e. The Morgan fingerprint density at radius 3 is 3.06 bits per heavy atom. The highest BCUT2D eigenvalue weighted by atomic mass is 35.5. The van der Waals surface area contributed by atoms with Gasteiger partial charge in [-0.3, -0.25) is 4.79 Å². The Balaban J connectivity index is 2.55. The number of hydrogen-bond donors (Lipinski definition) is 1. The summed E-state index contributed by atoms with van der Waals surface area (Å²) in [6, 6.07) is 1.65. The first-order chi connectivity index (χ1) is 8.21. The van der Waals surface area contributed by atoms with E-state index in [0.717, 1.165) is 12.8 Å². The molecule has 0 saturated carbocycles. The Morgan fingerprint density at radius 1 is 1.71 bits per heavy atom. The zero-order chi connectivity index (χ0) is 12.7. The monoisotopic (exact) mass is 260 g/mol. The summed E-state index contributed by atoms with van der Waals surface area (Å²) in [4.78, 5) is 11.8. The van der Waals surface area contributed by atoms with Crippen molar-refractivity contribution in [3.8, 4) is 0 Å². The zero-order valence-corrected chi connectivity index (χ0v) is 10.8. The van der Waals surface area contributed by atoms with Gasteiger partial charge in [-0.05, 0) is 12.8 Å². The van der Waals surface area contributed by atoms with Crippen LogP contribution in [-0.2, 0) is 11.3 Å². The number of halogens is 1. The van der Waals surface area contributed by atoms with Crippen LogP contribution in [0, 0.1) is 0 Å². The molecule has 0 bridgehead atoms. The van der Waals surface area contributed by atoms with E-state index in [0.29, 0.717) is 18.2 Å². The van der Waals surface area contributed by atoms with Crippen LogP contribution in [0.25, 0.3) is 0 Å². The van der Waals surface area contributed by atoms with Crippen LogP contribution in [0.2, 0.25) is 0 Å². The maximum absolute atomic E-state index is 11.8. The zero-order valence-electron chi connectivity index (χ0n) is 10.0. The molecule has 0 aromatic carbocycles. The molecule has 1 amide bonds. The summed E-state index contributed by atoms with van der Waals surface area (Å²) >= 11 is 5.65. The van der Waals surface area contributed by atoms with Gasteiger partial charge >= 0.3 is 0 Å². The van der Waals surface area contributed by atoms with Crippen LogP contribution in [0.1, 0.15) is 36.0 Å². The van der Waals surface area contributed by atoms with Crippen molar-refractivity contribution >= 4 is 17.5 Å². The lowest BCUT2D eigenvalue weighted by Gasteiger charge is -2.13. The molecule has 1 atom stereocenters.